The Kier molecular flexibility index (Phi) is 13.8. The predicted octanol–water partition coefficient (Wildman–Crippen LogP) is 10.6. The van der Waals surface area contributed by atoms with E-state index in [0.717, 1.165) is 62.3 Å². The third-order valence-electron chi connectivity index (χ3n) is 14.8. The highest BCUT2D eigenvalue weighted by Crippen LogP contribution is 2.74. The SMILES string of the molecule is C=C(C)[C@@H]1CCC2(C)CC[C@]3(C)C(CC[C@@H]4C(CCC(CC)OC(=O)CC(C)(C)C(=O)O)C(CC)CCC43C)[C@@H]12.CC(C)(C)CCNC=O. The van der Waals surface area contributed by atoms with E-state index in [9.17, 15) is 19.5 Å². The number of ether oxygens (including phenoxy) is 1. The summed E-state index contributed by atoms with van der Waals surface area (Å²) in [5, 5.41) is 12.1. The van der Waals surface area contributed by atoms with Gasteiger partial charge in [0.2, 0.25) is 6.41 Å². The van der Waals surface area contributed by atoms with Crippen molar-refractivity contribution in [3.8, 4) is 0 Å². The molecule has 0 spiro atoms. The number of rotatable bonds is 13. The van der Waals surface area contributed by atoms with Gasteiger partial charge in [-0.1, -0.05) is 74.0 Å². The second kappa shape index (κ2) is 16.2. The Labute approximate surface area is 300 Å². The summed E-state index contributed by atoms with van der Waals surface area (Å²) in [6.07, 6.45) is 16.5. The number of hydrogen-bond donors (Lipinski definition) is 2. The van der Waals surface area contributed by atoms with Crippen molar-refractivity contribution in [1.82, 2.24) is 5.32 Å². The number of fused-ring (bicyclic) bond motifs is 5. The van der Waals surface area contributed by atoms with Gasteiger partial charge in [-0.15, -0.1) is 0 Å². The quantitative estimate of drug-likeness (QED) is 0.0871. The summed E-state index contributed by atoms with van der Waals surface area (Å²) in [6, 6.07) is 0. The van der Waals surface area contributed by atoms with E-state index < -0.39 is 11.4 Å². The molecule has 0 bridgehead atoms. The highest BCUT2D eigenvalue weighted by atomic mass is 16.5. The summed E-state index contributed by atoms with van der Waals surface area (Å²) in [4.78, 5) is 34.0. The van der Waals surface area contributed by atoms with Gasteiger partial charge in [0.05, 0.1) is 11.8 Å². The molecular formula is C43H75NO5. The first-order valence-electron chi connectivity index (χ1n) is 19.9. The lowest BCUT2D eigenvalue weighted by molar-refractivity contribution is -0.196. The lowest BCUT2D eigenvalue weighted by Gasteiger charge is -2.68. The van der Waals surface area contributed by atoms with Crippen molar-refractivity contribution in [2.45, 2.75) is 172 Å². The Morgan fingerprint density at radius 3 is 2.14 bits per heavy atom. The van der Waals surface area contributed by atoms with Crippen molar-refractivity contribution in [3.05, 3.63) is 12.2 Å². The van der Waals surface area contributed by atoms with Crippen LogP contribution < -0.4 is 5.32 Å². The van der Waals surface area contributed by atoms with E-state index in [0.29, 0.717) is 33.5 Å². The fourth-order valence-corrected chi connectivity index (χ4v) is 11.4. The van der Waals surface area contributed by atoms with E-state index in [2.05, 4.69) is 74.2 Å². The van der Waals surface area contributed by atoms with Gasteiger partial charge in [-0.3, -0.25) is 14.4 Å². The van der Waals surface area contributed by atoms with Gasteiger partial charge in [0.15, 0.2) is 0 Å². The molecule has 4 fully saturated rings. The number of nitrogens with one attached hydrogen (secondary N) is 1. The first-order chi connectivity index (χ1) is 22.7. The molecule has 282 valence electrons. The van der Waals surface area contributed by atoms with E-state index in [1.54, 1.807) is 13.8 Å². The molecular weight excluding hydrogens is 610 g/mol. The lowest BCUT2D eigenvalue weighted by atomic mass is 9.36. The number of carbonyl (C=O) groups excluding carboxylic acids is 2. The Morgan fingerprint density at radius 1 is 0.959 bits per heavy atom. The average molecular weight is 686 g/mol. The Hall–Kier alpha value is -1.85. The minimum atomic E-state index is -1.10. The maximum Gasteiger partial charge on any atom is 0.309 e. The first-order valence-corrected chi connectivity index (χ1v) is 19.9. The van der Waals surface area contributed by atoms with Crippen LogP contribution in [-0.2, 0) is 19.1 Å². The van der Waals surface area contributed by atoms with Gasteiger partial charge in [-0.25, -0.2) is 0 Å². The van der Waals surface area contributed by atoms with Gasteiger partial charge in [0, 0.05) is 6.54 Å². The van der Waals surface area contributed by atoms with Crippen LogP contribution >= 0.6 is 0 Å². The summed E-state index contributed by atoms with van der Waals surface area (Å²) in [6.45, 7) is 29.7. The number of carboxylic acids is 1. The molecule has 4 rings (SSSR count). The number of carboxylic acid groups (broad SMARTS) is 1. The van der Waals surface area contributed by atoms with Crippen LogP contribution in [0.4, 0.5) is 0 Å². The van der Waals surface area contributed by atoms with Gasteiger partial charge in [-0.05, 0) is 155 Å². The molecule has 6 heteroatoms. The highest BCUT2D eigenvalue weighted by molar-refractivity contribution is 5.81. The summed E-state index contributed by atoms with van der Waals surface area (Å²) >= 11 is 0. The predicted molar refractivity (Wildman–Crippen MR) is 201 cm³/mol. The van der Waals surface area contributed by atoms with Crippen LogP contribution in [0.25, 0.3) is 0 Å². The van der Waals surface area contributed by atoms with Crippen LogP contribution in [0.1, 0.15) is 166 Å². The smallest absolute Gasteiger partial charge is 0.309 e. The van der Waals surface area contributed by atoms with Crippen molar-refractivity contribution in [2.24, 2.45) is 62.6 Å². The molecule has 1 amide bonds. The normalized spacial score (nSPS) is 36.1. The highest BCUT2D eigenvalue weighted by Gasteiger charge is 2.66. The van der Waals surface area contributed by atoms with Crippen LogP contribution in [-0.4, -0.2) is 36.1 Å². The summed E-state index contributed by atoms with van der Waals surface area (Å²) in [5.41, 5.74) is 1.89. The maximum absolute atomic E-state index is 12.7. The van der Waals surface area contributed by atoms with Crippen molar-refractivity contribution in [2.75, 3.05) is 6.54 Å². The molecule has 0 heterocycles. The van der Waals surface area contributed by atoms with Crippen LogP contribution in [0.3, 0.4) is 0 Å². The van der Waals surface area contributed by atoms with Gasteiger partial charge in [0.25, 0.3) is 0 Å². The Balaban J connectivity index is 0.000000635. The monoisotopic (exact) mass is 686 g/mol. The molecule has 2 N–H and O–H groups in total. The largest absolute Gasteiger partial charge is 0.481 e. The van der Waals surface area contributed by atoms with Crippen molar-refractivity contribution >= 4 is 18.3 Å². The summed E-state index contributed by atoms with van der Waals surface area (Å²) < 4.78 is 5.89. The van der Waals surface area contributed by atoms with Crippen LogP contribution in [0.15, 0.2) is 12.2 Å². The maximum atomic E-state index is 12.7. The number of hydrogen-bond acceptors (Lipinski definition) is 4. The third kappa shape index (κ3) is 9.15. The molecule has 4 aliphatic carbocycles. The number of carbonyl (C=O) groups is 3. The number of allylic oxidation sites excluding steroid dienone is 1. The van der Waals surface area contributed by atoms with E-state index in [1.807, 2.05) is 0 Å². The van der Waals surface area contributed by atoms with Crippen LogP contribution in [0.2, 0.25) is 0 Å². The van der Waals surface area contributed by atoms with Crippen LogP contribution in [0.5, 0.6) is 0 Å². The van der Waals surface area contributed by atoms with Gasteiger partial charge >= 0.3 is 11.9 Å². The molecule has 0 aromatic carbocycles. The number of amides is 1. The van der Waals surface area contributed by atoms with Gasteiger partial charge in [-0.2, -0.15) is 0 Å². The van der Waals surface area contributed by atoms with Gasteiger partial charge in [0.1, 0.15) is 6.10 Å². The Bertz CT molecular complexity index is 1160. The zero-order valence-electron chi connectivity index (χ0n) is 33.5. The lowest BCUT2D eigenvalue weighted by Crippen LogP contribution is -2.61. The Morgan fingerprint density at radius 2 is 1.59 bits per heavy atom. The van der Waals surface area contributed by atoms with Crippen molar-refractivity contribution in [3.63, 3.8) is 0 Å². The van der Waals surface area contributed by atoms with E-state index in [-0.39, 0.29) is 18.5 Å². The van der Waals surface area contributed by atoms with Crippen LogP contribution in [0, 0.1) is 62.6 Å². The fraction of sp³-hybridized carbons (Fsp3) is 0.884. The topological polar surface area (TPSA) is 92.7 Å². The molecule has 0 saturated heterocycles. The average Bonchev–Trinajstić information content (AvgIpc) is 3.36. The minimum Gasteiger partial charge on any atom is -0.481 e. The zero-order valence-corrected chi connectivity index (χ0v) is 33.5. The molecule has 0 aliphatic heterocycles. The molecule has 4 saturated carbocycles. The minimum absolute atomic E-state index is 0.0778. The zero-order chi connectivity index (χ0) is 37.0. The molecule has 10 atom stereocenters. The van der Waals surface area contributed by atoms with E-state index >= 15 is 0 Å². The van der Waals surface area contributed by atoms with Crippen molar-refractivity contribution < 1.29 is 24.2 Å². The molecule has 6 unspecified atom stereocenters. The molecule has 0 aromatic rings. The van der Waals surface area contributed by atoms with Gasteiger partial charge < -0.3 is 15.2 Å². The molecule has 4 aliphatic rings. The van der Waals surface area contributed by atoms with Crippen molar-refractivity contribution in [1.29, 1.82) is 0 Å². The summed E-state index contributed by atoms with van der Waals surface area (Å²) in [5.74, 6) is 3.13. The van der Waals surface area contributed by atoms with E-state index in [1.165, 1.54) is 63.4 Å². The molecule has 0 aromatic heterocycles. The van der Waals surface area contributed by atoms with E-state index in [4.69, 9.17) is 4.74 Å². The molecule has 0 radical (unpaired) electrons. The molecule has 6 nitrogen and oxygen atoms in total. The number of esters is 1. The second-order valence-corrected chi connectivity index (χ2v) is 19.5. The molecule has 49 heavy (non-hydrogen) atoms. The second-order valence-electron chi connectivity index (χ2n) is 19.5. The third-order valence-corrected chi connectivity index (χ3v) is 14.8. The number of aliphatic carboxylic acids is 1. The standard InChI is InChI=1S/C36H60O4.C7H15NO/c1-10-24-16-19-35(8)28(27(24)13-12-25(11-2)40-30(37)22-33(5,6)32(38)39)14-15-29-31-26(23(3)4)17-18-34(31,7)20-21-36(29,35)9;1-7(2,3)4-5-8-6-9/h24-29,31H,3,10-22H2,1-2,4-9H3,(H,38,39);6H,4-5H2,1-3H3,(H,8,9)/t24?,25?,26-,27?,28+,29?,31+,34?,35?,36+;/m0./s1. The fourth-order valence-electron chi connectivity index (χ4n) is 11.4. The first kappa shape index (κ1) is 41.6. The summed E-state index contributed by atoms with van der Waals surface area (Å²) in [7, 11) is 0.